The van der Waals surface area contributed by atoms with Crippen LogP contribution in [0.1, 0.15) is 69.8 Å². The van der Waals surface area contributed by atoms with Gasteiger partial charge in [0, 0.05) is 6.54 Å². The number of piperidine rings is 1. The predicted molar refractivity (Wildman–Crippen MR) is 104 cm³/mol. The zero-order valence-electron chi connectivity index (χ0n) is 16.0. The van der Waals surface area contributed by atoms with Gasteiger partial charge in [-0.05, 0) is 81.1 Å². The number of carbonyl (C=O) groups is 1. The molecule has 1 N–H and O–H groups in total. The first-order chi connectivity index (χ1) is 12.6. The van der Waals surface area contributed by atoms with E-state index < -0.39 is 5.97 Å². The molecular formula is C22H33NO3. The van der Waals surface area contributed by atoms with Gasteiger partial charge >= 0.3 is 5.97 Å². The molecule has 0 bridgehead atoms. The third-order valence-electron chi connectivity index (χ3n) is 6.25. The molecule has 4 nitrogen and oxygen atoms in total. The minimum atomic E-state index is -0.703. The highest BCUT2D eigenvalue weighted by atomic mass is 16.5. The van der Waals surface area contributed by atoms with Crippen LogP contribution in [0, 0.1) is 5.92 Å². The summed E-state index contributed by atoms with van der Waals surface area (Å²) in [7, 11) is 0. The van der Waals surface area contributed by atoms with E-state index in [4.69, 9.17) is 9.84 Å². The lowest BCUT2D eigenvalue weighted by atomic mass is 9.86. The van der Waals surface area contributed by atoms with Crippen molar-refractivity contribution < 1.29 is 14.6 Å². The highest BCUT2D eigenvalue weighted by Crippen LogP contribution is 2.32. The molecule has 144 valence electrons. The van der Waals surface area contributed by atoms with Crippen LogP contribution in [-0.4, -0.2) is 41.7 Å². The number of benzene rings is 1. The Morgan fingerprint density at radius 1 is 1.08 bits per heavy atom. The molecule has 3 rings (SSSR count). The first-order valence-electron chi connectivity index (χ1n) is 10.3. The van der Waals surface area contributed by atoms with E-state index in [0.717, 1.165) is 37.6 Å². The zero-order valence-corrected chi connectivity index (χ0v) is 16.0. The first kappa shape index (κ1) is 19.2. The second-order valence-corrected chi connectivity index (χ2v) is 8.00. The molecular weight excluding hydrogens is 326 g/mol. The fourth-order valence-corrected chi connectivity index (χ4v) is 4.41. The van der Waals surface area contributed by atoms with E-state index in [1.165, 1.54) is 37.7 Å². The molecule has 0 atom stereocenters. The second kappa shape index (κ2) is 9.40. The number of aliphatic carboxylic acids is 1. The van der Waals surface area contributed by atoms with Gasteiger partial charge in [-0.3, -0.25) is 4.79 Å². The molecule has 2 aliphatic rings. The van der Waals surface area contributed by atoms with Gasteiger partial charge in [0.05, 0.1) is 12.5 Å². The summed E-state index contributed by atoms with van der Waals surface area (Å²) in [6.07, 6.45) is 9.15. The van der Waals surface area contributed by atoms with Crippen molar-refractivity contribution in [3.8, 4) is 5.75 Å². The molecule has 1 aromatic carbocycles. The van der Waals surface area contributed by atoms with Crippen LogP contribution in [-0.2, 0) is 4.79 Å². The monoisotopic (exact) mass is 359 g/mol. The highest BCUT2D eigenvalue weighted by molar-refractivity contribution is 5.66. The van der Waals surface area contributed by atoms with Gasteiger partial charge in [-0.1, -0.05) is 25.5 Å². The van der Waals surface area contributed by atoms with Crippen LogP contribution in [0.5, 0.6) is 5.75 Å². The van der Waals surface area contributed by atoms with E-state index >= 15 is 0 Å². The molecule has 1 aliphatic heterocycles. The van der Waals surface area contributed by atoms with Crippen molar-refractivity contribution in [3.63, 3.8) is 0 Å². The Labute approximate surface area is 157 Å². The van der Waals surface area contributed by atoms with Gasteiger partial charge in [0.15, 0.2) is 0 Å². The van der Waals surface area contributed by atoms with Crippen molar-refractivity contribution in [2.45, 2.75) is 70.3 Å². The van der Waals surface area contributed by atoms with E-state index in [1.807, 2.05) is 0 Å². The first-order valence-corrected chi connectivity index (χ1v) is 10.3. The summed E-state index contributed by atoms with van der Waals surface area (Å²) in [5, 5.41) is 8.80. The van der Waals surface area contributed by atoms with Crippen LogP contribution in [0.15, 0.2) is 24.3 Å². The van der Waals surface area contributed by atoms with Crippen molar-refractivity contribution in [1.82, 2.24) is 4.90 Å². The molecule has 1 aliphatic carbocycles. The fourth-order valence-electron chi connectivity index (χ4n) is 4.41. The summed E-state index contributed by atoms with van der Waals surface area (Å²) in [5.41, 5.74) is 1.39. The fraction of sp³-hybridized carbons (Fsp3) is 0.682. The van der Waals surface area contributed by atoms with Gasteiger partial charge in [-0.2, -0.15) is 0 Å². The molecule has 0 amide bonds. The Bertz CT molecular complexity index is 555. The van der Waals surface area contributed by atoms with Crippen molar-refractivity contribution in [2.24, 2.45) is 5.92 Å². The van der Waals surface area contributed by atoms with Gasteiger partial charge in [0.2, 0.25) is 0 Å². The smallest absolute Gasteiger partial charge is 0.304 e. The van der Waals surface area contributed by atoms with Gasteiger partial charge < -0.3 is 14.7 Å². The maximum absolute atomic E-state index is 10.7. The predicted octanol–water partition coefficient (Wildman–Crippen LogP) is 4.69. The molecule has 1 saturated carbocycles. The maximum Gasteiger partial charge on any atom is 0.304 e. The number of carboxylic acid groups (broad SMARTS) is 1. The van der Waals surface area contributed by atoms with Gasteiger partial charge in [-0.15, -0.1) is 0 Å². The average Bonchev–Trinajstić information content (AvgIpc) is 2.68. The van der Waals surface area contributed by atoms with Crippen LogP contribution >= 0.6 is 0 Å². The molecule has 0 unspecified atom stereocenters. The van der Waals surface area contributed by atoms with Crippen LogP contribution in [0.3, 0.4) is 0 Å². The number of hydrogen-bond acceptors (Lipinski definition) is 3. The quantitative estimate of drug-likeness (QED) is 0.767. The summed E-state index contributed by atoms with van der Waals surface area (Å²) in [4.78, 5) is 13.0. The van der Waals surface area contributed by atoms with Crippen LogP contribution in [0.25, 0.3) is 0 Å². The minimum absolute atomic E-state index is 0.247. The Morgan fingerprint density at radius 3 is 2.31 bits per heavy atom. The highest BCUT2D eigenvalue weighted by Gasteiger charge is 2.22. The Hall–Kier alpha value is -1.55. The average molecular weight is 360 g/mol. The SMILES string of the molecule is CC[C@H]1CC[C@H](Oc2ccc(C3CCN(CCC(=O)O)CC3)cc2)CC1. The Morgan fingerprint density at radius 2 is 1.73 bits per heavy atom. The Kier molecular flexibility index (Phi) is 6.95. The molecule has 26 heavy (non-hydrogen) atoms. The van der Waals surface area contributed by atoms with Crippen LogP contribution in [0.2, 0.25) is 0 Å². The third kappa shape index (κ3) is 5.47. The standard InChI is InChI=1S/C22H33NO3/c1-2-17-3-7-20(8-4-17)26-21-9-5-18(6-10-21)19-11-14-23(15-12-19)16-13-22(24)25/h5-6,9-10,17,19-20H,2-4,7-8,11-16H2,1H3,(H,24,25)/t17-,20-. The van der Waals surface area contributed by atoms with Crippen LogP contribution < -0.4 is 4.74 Å². The van der Waals surface area contributed by atoms with Crippen molar-refractivity contribution in [3.05, 3.63) is 29.8 Å². The summed E-state index contributed by atoms with van der Waals surface area (Å²) in [6, 6.07) is 8.73. The van der Waals surface area contributed by atoms with Crippen LogP contribution in [0.4, 0.5) is 0 Å². The van der Waals surface area contributed by atoms with Crippen molar-refractivity contribution >= 4 is 5.97 Å². The van der Waals surface area contributed by atoms with E-state index in [2.05, 4.69) is 36.1 Å². The Balaban J connectivity index is 1.44. The van der Waals surface area contributed by atoms with E-state index in [-0.39, 0.29) is 6.42 Å². The molecule has 2 fully saturated rings. The van der Waals surface area contributed by atoms with E-state index in [9.17, 15) is 4.79 Å². The second-order valence-electron chi connectivity index (χ2n) is 8.00. The topological polar surface area (TPSA) is 49.8 Å². The van der Waals surface area contributed by atoms with Crippen molar-refractivity contribution in [2.75, 3.05) is 19.6 Å². The minimum Gasteiger partial charge on any atom is -0.490 e. The zero-order chi connectivity index (χ0) is 18.4. The van der Waals surface area contributed by atoms with Crippen molar-refractivity contribution in [1.29, 1.82) is 0 Å². The normalized spacial score (nSPS) is 25.1. The number of carboxylic acids is 1. The third-order valence-corrected chi connectivity index (χ3v) is 6.25. The lowest BCUT2D eigenvalue weighted by Crippen LogP contribution is -2.34. The number of hydrogen-bond donors (Lipinski definition) is 1. The molecule has 1 saturated heterocycles. The number of likely N-dealkylation sites (tertiary alicyclic amines) is 1. The van der Waals surface area contributed by atoms with E-state index in [0.29, 0.717) is 18.6 Å². The summed E-state index contributed by atoms with van der Waals surface area (Å²) < 4.78 is 6.20. The molecule has 0 radical (unpaired) electrons. The van der Waals surface area contributed by atoms with E-state index in [1.54, 1.807) is 0 Å². The largest absolute Gasteiger partial charge is 0.490 e. The van der Waals surface area contributed by atoms with Gasteiger partial charge in [0.25, 0.3) is 0 Å². The van der Waals surface area contributed by atoms with Gasteiger partial charge in [-0.25, -0.2) is 0 Å². The molecule has 0 spiro atoms. The number of rotatable bonds is 7. The summed E-state index contributed by atoms with van der Waals surface area (Å²) in [6.45, 7) is 4.96. The maximum atomic E-state index is 10.7. The number of nitrogens with zero attached hydrogens (tertiary/aromatic N) is 1. The molecule has 1 aromatic rings. The van der Waals surface area contributed by atoms with Gasteiger partial charge in [0.1, 0.15) is 5.75 Å². The molecule has 0 aromatic heterocycles. The molecule has 1 heterocycles. The number of ether oxygens (including phenoxy) is 1. The molecule has 4 heteroatoms. The summed E-state index contributed by atoms with van der Waals surface area (Å²) in [5.74, 6) is 1.79. The summed E-state index contributed by atoms with van der Waals surface area (Å²) >= 11 is 0. The lowest BCUT2D eigenvalue weighted by Gasteiger charge is -2.32. The lowest BCUT2D eigenvalue weighted by molar-refractivity contribution is -0.137.